The van der Waals surface area contributed by atoms with E-state index in [-0.39, 0.29) is 24.4 Å². The van der Waals surface area contributed by atoms with Crippen LogP contribution in [0.5, 0.6) is 11.5 Å². The molecular formula is C14H21ClN2O3. The molecule has 0 aromatic heterocycles. The van der Waals surface area contributed by atoms with E-state index in [0.29, 0.717) is 13.0 Å². The maximum absolute atomic E-state index is 11.7. The maximum atomic E-state index is 11.7. The van der Waals surface area contributed by atoms with Gasteiger partial charge in [0.2, 0.25) is 5.91 Å². The van der Waals surface area contributed by atoms with E-state index in [1.165, 1.54) is 0 Å². The molecule has 1 atom stereocenters. The number of ether oxygens (including phenoxy) is 2. The molecule has 1 amide bonds. The van der Waals surface area contributed by atoms with Crippen LogP contribution in [0.4, 0.5) is 0 Å². The average Bonchev–Trinajstić information content (AvgIpc) is 2.92. The molecule has 0 spiro atoms. The Bertz CT molecular complexity index is 405. The SMILES string of the molecule is COc1ccc(OCCC(=O)NC2CCNC2)cc1.Cl. The molecule has 1 fully saturated rings. The third-order valence-corrected chi connectivity index (χ3v) is 3.08. The van der Waals surface area contributed by atoms with Gasteiger partial charge in [-0.25, -0.2) is 0 Å². The minimum Gasteiger partial charge on any atom is -0.497 e. The molecular weight excluding hydrogens is 280 g/mol. The van der Waals surface area contributed by atoms with Gasteiger partial charge < -0.3 is 20.1 Å². The van der Waals surface area contributed by atoms with Gasteiger partial charge in [0.15, 0.2) is 0 Å². The number of benzene rings is 1. The molecule has 20 heavy (non-hydrogen) atoms. The number of carbonyl (C=O) groups excluding carboxylic acids is 1. The van der Waals surface area contributed by atoms with Crippen LogP contribution in [0, 0.1) is 0 Å². The van der Waals surface area contributed by atoms with E-state index in [4.69, 9.17) is 9.47 Å². The van der Waals surface area contributed by atoms with Gasteiger partial charge in [-0.15, -0.1) is 12.4 Å². The van der Waals surface area contributed by atoms with Gasteiger partial charge in [0.1, 0.15) is 11.5 Å². The van der Waals surface area contributed by atoms with Gasteiger partial charge in [0.05, 0.1) is 20.1 Å². The number of rotatable bonds is 6. The Balaban J connectivity index is 0.00000200. The molecule has 112 valence electrons. The maximum Gasteiger partial charge on any atom is 0.223 e. The fourth-order valence-corrected chi connectivity index (χ4v) is 2.01. The Hall–Kier alpha value is -1.46. The molecule has 2 rings (SSSR count). The highest BCUT2D eigenvalue weighted by Crippen LogP contribution is 2.16. The highest BCUT2D eigenvalue weighted by Gasteiger charge is 2.16. The van der Waals surface area contributed by atoms with Crippen molar-refractivity contribution >= 4 is 18.3 Å². The first kappa shape index (κ1) is 16.6. The molecule has 1 aliphatic rings. The molecule has 6 heteroatoms. The van der Waals surface area contributed by atoms with Crippen LogP contribution in [-0.4, -0.2) is 38.8 Å². The van der Waals surface area contributed by atoms with Crippen LogP contribution in [0.1, 0.15) is 12.8 Å². The number of methoxy groups -OCH3 is 1. The van der Waals surface area contributed by atoms with Gasteiger partial charge in [-0.1, -0.05) is 0 Å². The molecule has 0 aliphatic carbocycles. The number of halogens is 1. The lowest BCUT2D eigenvalue weighted by Crippen LogP contribution is -2.36. The molecule has 5 nitrogen and oxygen atoms in total. The zero-order valence-corrected chi connectivity index (χ0v) is 12.4. The monoisotopic (exact) mass is 300 g/mol. The summed E-state index contributed by atoms with van der Waals surface area (Å²) in [5.41, 5.74) is 0. The Morgan fingerprint density at radius 1 is 1.35 bits per heavy atom. The second kappa shape index (κ2) is 8.66. The van der Waals surface area contributed by atoms with Crippen LogP contribution in [0.2, 0.25) is 0 Å². The number of carbonyl (C=O) groups is 1. The van der Waals surface area contributed by atoms with Gasteiger partial charge in [0, 0.05) is 12.6 Å². The molecule has 1 saturated heterocycles. The third-order valence-electron chi connectivity index (χ3n) is 3.08. The summed E-state index contributed by atoms with van der Waals surface area (Å²) in [5.74, 6) is 1.58. The van der Waals surface area contributed by atoms with Crippen LogP contribution in [0.25, 0.3) is 0 Å². The smallest absolute Gasteiger partial charge is 0.223 e. The largest absolute Gasteiger partial charge is 0.497 e. The predicted octanol–water partition coefficient (Wildman–Crippen LogP) is 1.36. The van der Waals surface area contributed by atoms with E-state index in [2.05, 4.69) is 10.6 Å². The van der Waals surface area contributed by atoms with E-state index in [9.17, 15) is 4.79 Å². The summed E-state index contributed by atoms with van der Waals surface area (Å²) in [6, 6.07) is 7.60. The van der Waals surface area contributed by atoms with E-state index in [1.807, 2.05) is 24.3 Å². The van der Waals surface area contributed by atoms with Crippen molar-refractivity contribution in [2.75, 3.05) is 26.8 Å². The van der Waals surface area contributed by atoms with E-state index >= 15 is 0 Å². The average molecular weight is 301 g/mol. The fourth-order valence-electron chi connectivity index (χ4n) is 2.01. The molecule has 1 aromatic carbocycles. The van der Waals surface area contributed by atoms with Crippen molar-refractivity contribution in [1.29, 1.82) is 0 Å². The van der Waals surface area contributed by atoms with Crippen LogP contribution >= 0.6 is 12.4 Å². The minimum absolute atomic E-state index is 0. The van der Waals surface area contributed by atoms with Crippen molar-refractivity contribution in [2.45, 2.75) is 18.9 Å². The lowest BCUT2D eigenvalue weighted by atomic mass is 10.2. The van der Waals surface area contributed by atoms with Crippen molar-refractivity contribution in [3.05, 3.63) is 24.3 Å². The Kier molecular flexibility index (Phi) is 7.18. The fraction of sp³-hybridized carbons (Fsp3) is 0.500. The summed E-state index contributed by atoms with van der Waals surface area (Å²) in [7, 11) is 1.62. The predicted molar refractivity (Wildman–Crippen MR) is 79.8 cm³/mol. The van der Waals surface area contributed by atoms with Crippen molar-refractivity contribution < 1.29 is 14.3 Å². The summed E-state index contributed by atoms with van der Waals surface area (Å²) in [6.45, 7) is 2.23. The first-order valence-electron chi connectivity index (χ1n) is 6.55. The van der Waals surface area contributed by atoms with Crippen LogP contribution in [0.3, 0.4) is 0 Å². The standard InChI is InChI=1S/C14H20N2O3.ClH/c1-18-12-2-4-13(5-3-12)19-9-7-14(17)16-11-6-8-15-10-11;/h2-5,11,15H,6-10H2,1H3,(H,16,17);1H. The van der Waals surface area contributed by atoms with Crippen molar-refractivity contribution in [2.24, 2.45) is 0 Å². The minimum atomic E-state index is 0. The van der Waals surface area contributed by atoms with E-state index < -0.39 is 0 Å². The highest BCUT2D eigenvalue weighted by molar-refractivity contribution is 5.85. The third kappa shape index (κ3) is 5.27. The van der Waals surface area contributed by atoms with Gasteiger partial charge >= 0.3 is 0 Å². The normalized spacial score (nSPS) is 17.1. The zero-order chi connectivity index (χ0) is 13.5. The number of hydrogen-bond donors (Lipinski definition) is 2. The lowest BCUT2D eigenvalue weighted by molar-refractivity contribution is -0.122. The number of amides is 1. The van der Waals surface area contributed by atoms with Gasteiger partial charge in [-0.2, -0.15) is 0 Å². The van der Waals surface area contributed by atoms with Crippen LogP contribution in [0.15, 0.2) is 24.3 Å². The van der Waals surface area contributed by atoms with Crippen molar-refractivity contribution in [1.82, 2.24) is 10.6 Å². The summed E-state index contributed by atoms with van der Waals surface area (Å²) in [5, 5.41) is 6.19. The quantitative estimate of drug-likeness (QED) is 0.833. The molecule has 0 bridgehead atoms. The summed E-state index contributed by atoms with van der Waals surface area (Å²) >= 11 is 0. The second-order valence-corrected chi connectivity index (χ2v) is 4.53. The molecule has 0 radical (unpaired) electrons. The number of hydrogen-bond acceptors (Lipinski definition) is 4. The zero-order valence-electron chi connectivity index (χ0n) is 11.6. The van der Waals surface area contributed by atoms with Crippen LogP contribution < -0.4 is 20.1 Å². The molecule has 1 heterocycles. The molecule has 1 aromatic rings. The van der Waals surface area contributed by atoms with Crippen LogP contribution in [-0.2, 0) is 4.79 Å². The Morgan fingerprint density at radius 2 is 2.05 bits per heavy atom. The topological polar surface area (TPSA) is 59.6 Å². The Labute approximate surface area is 125 Å². The summed E-state index contributed by atoms with van der Waals surface area (Å²) < 4.78 is 10.6. The first-order chi connectivity index (χ1) is 9.28. The second-order valence-electron chi connectivity index (χ2n) is 4.53. The molecule has 1 unspecified atom stereocenters. The van der Waals surface area contributed by atoms with E-state index in [1.54, 1.807) is 7.11 Å². The number of nitrogens with one attached hydrogen (secondary N) is 2. The van der Waals surface area contributed by atoms with Crippen molar-refractivity contribution in [3.8, 4) is 11.5 Å². The first-order valence-corrected chi connectivity index (χ1v) is 6.55. The Morgan fingerprint density at radius 3 is 2.65 bits per heavy atom. The van der Waals surface area contributed by atoms with Gasteiger partial charge in [-0.3, -0.25) is 4.79 Å². The lowest BCUT2D eigenvalue weighted by Gasteiger charge is -2.11. The van der Waals surface area contributed by atoms with Gasteiger partial charge in [-0.05, 0) is 37.2 Å². The molecule has 0 saturated carbocycles. The highest BCUT2D eigenvalue weighted by atomic mass is 35.5. The molecule has 1 aliphatic heterocycles. The summed E-state index contributed by atoms with van der Waals surface area (Å²) in [4.78, 5) is 11.7. The van der Waals surface area contributed by atoms with Gasteiger partial charge in [0.25, 0.3) is 0 Å². The van der Waals surface area contributed by atoms with E-state index in [0.717, 1.165) is 31.0 Å². The summed E-state index contributed by atoms with van der Waals surface area (Å²) in [6.07, 6.45) is 1.38. The van der Waals surface area contributed by atoms with Crippen molar-refractivity contribution in [3.63, 3.8) is 0 Å². The molecule has 2 N–H and O–H groups in total.